The Balaban J connectivity index is 1.42. The largest absolute Gasteiger partial charge is 0.488 e. The van der Waals surface area contributed by atoms with Crippen molar-refractivity contribution in [2.75, 3.05) is 6.54 Å². The van der Waals surface area contributed by atoms with E-state index in [9.17, 15) is 9.59 Å². The van der Waals surface area contributed by atoms with Crippen molar-refractivity contribution in [3.63, 3.8) is 0 Å². The van der Waals surface area contributed by atoms with E-state index in [0.29, 0.717) is 25.3 Å². The Bertz CT molecular complexity index is 1000. The van der Waals surface area contributed by atoms with Gasteiger partial charge in [0.25, 0.3) is 0 Å². The molecule has 2 N–H and O–H groups in total. The number of carbonyl (C=O) groups excluding carboxylic acids is 2. The first kappa shape index (κ1) is 21.8. The monoisotopic (exact) mass is 415 g/mol. The summed E-state index contributed by atoms with van der Waals surface area (Å²) >= 11 is 0. The van der Waals surface area contributed by atoms with E-state index in [1.165, 1.54) is 6.21 Å². The molecule has 0 aliphatic rings. The topological polar surface area (TPSA) is 79.8 Å². The number of hydrogen-bond acceptors (Lipinski definition) is 4. The van der Waals surface area contributed by atoms with Crippen LogP contribution in [0.4, 0.5) is 0 Å². The standard InChI is InChI=1S/C25H25N3O3/c29-24(26-16-15-20-9-3-1-4-10-20)17-25(30)28-27-18-22-13-7-8-14-23(22)31-19-21-11-5-2-6-12-21/h1-14,18H,15-17,19H2,(H,26,29)(H,28,30)/b27-18-. The van der Waals surface area contributed by atoms with Gasteiger partial charge in [0.05, 0.1) is 6.21 Å². The van der Waals surface area contributed by atoms with Crippen LogP contribution in [0.2, 0.25) is 0 Å². The summed E-state index contributed by atoms with van der Waals surface area (Å²) in [6.45, 7) is 0.909. The number of hydrazone groups is 1. The lowest BCUT2D eigenvalue weighted by molar-refractivity contribution is -0.129. The van der Waals surface area contributed by atoms with E-state index in [1.807, 2.05) is 84.9 Å². The van der Waals surface area contributed by atoms with Crippen LogP contribution < -0.4 is 15.5 Å². The molecule has 3 aromatic carbocycles. The minimum atomic E-state index is -0.476. The molecular weight excluding hydrogens is 390 g/mol. The number of amides is 2. The lowest BCUT2D eigenvalue weighted by atomic mass is 10.1. The maximum absolute atomic E-state index is 12.0. The van der Waals surface area contributed by atoms with Crippen molar-refractivity contribution >= 4 is 18.0 Å². The molecule has 3 rings (SSSR count). The van der Waals surface area contributed by atoms with Crippen molar-refractivity contribution in [3.8, 4) is 5.75 Å². The Labute approximate surface area is 182 Å². The van der Waals surface area contributed by atoms with E-state index in [-0.39, 0.29) is 12.3 Å². The quantitative estimate of drug-likeness (QED) is 0.302. The van der Waals surface area contributed by atoms with Crippen LogP contribution >= 0.6 is 0 Å². The van der Waals surface area contributed by atoms with Gasteiger partial charge >= 0.3 is 0 Å². The fraction of sp³-hybridized carbons (Fsp3) is 0.160. The number of benzene rings is 3. The smallest absolute Gasteiger partial charge is 0.249 e. The van der Waals surface area contributed by atoms with Crippen LogP contribution in [0.15, 0.2) is 90.0 Å². The Morgan fingerprint density at radius 2 is 1.45 bits per heavy atom. The third-order valence-corrected chi connectivity index (χ3v) is 4.45. The highest BCUT2D eigenvalue weighted by Crippen LogP contribution is 2.17. The van der Waals surface area contributed by atoms with Gasteiger partial charge in [0.1, 0.15) is 18.8 Å². The Hall–Kier alpha value is -3.93. The second-order valence-electron chi connectivity index (χ2n) is 6.87. The average molecular weight is 415 g/mol. The van der Waals surface area contributed by atoms with E-state index < -0.39 is 5.91 Å². The van der Waals surface area contributed by atoms with Gasteiger partial charge in [-0.25, -0.2) is 5.43 Å². The molecule has 0 aliphatic carbocycles. The van der Waals surface area contributed by atoms with Crippen LogP contribution in [0.3, 0.4) is 0 Å². The highest BCUT2D eigenvalue weighted by molar-refractivity contribution is 5.97. The fourth-order valence-electron chi connectivity index (χ4n) is 2.87. The summed E-state index contributed by atoms with van der Waals surface area (Å²) in [6.07, 6.45) is 1.94. The average Bonchev–Trinajstić information content (AvgIpc) is 2.80. The summed E-state index contributed by atoms with van der Waals surface area (Å²) in [5.41, 5.74) is 5.30. The molecule has 31 heavy (non-hydrogen) atoms. The third kappa shape index (κ3) is 7.78. The van der Waals surface area contributed by atoms with Crippen molar-refractivity contribution in [2.45, 2.75) is 19.4 Å². The third-order valence-electron chi connectivity index (χ3n) is 4.45. The van der Waals surface area contributed by atoms with Gasteiger partial charge in [-0.1, -0.05) is 72.8 Å². The van der Waals surface area contributed by atoms with Gasteiger partial charge in [-0.05, 0) is 29.7 Å². The molecule has 3 aromatic rings. The summed E-state index contributed by atoms with van der Waals surface area (Å²) < 4.78 is 5.86. The molecule has 0 atom stereocenters. The van der Waals surface area contributed by atoms with Gasteiger partial charge in [-0.15, -0.1) is 0 Å². The van der Waals surface area contributed by atoms with Gasteiger partial charge in [0.2, 0.25) is 11.8 Å². The number of rotatable bonds is 10. The molecule has 0 saturated heterocycles. The second kappa shape index (κ2) is 11.9. The number of ether oxygens (including phenoxy) is 1. The van der Waals surface area contributed by atoms with E-state index in [1.54, 1.807) is 0 Å². The van der Waals surface area contributed by atoms with Gasteiger partial charge in [-0.3, -0.25) is 9.59 Å². The van der Waals surface area contributed by atoms with Gasteiger partial charge < -0.3 is 10.1 Å². The maximum Gasteiger partial charge on any atom is 0.249 e. The lowest BCUT2D eigenvalue weighted by Gasteiger charge is -2.09. The lowest BCUT2D eigenvalue weighted by Crippen LogP contribution is -2.31. The minimum Gasteiger partial charge on any atom is -0.488 e. The SMILES string of the molecule is O=C(CC(=O)N/N=C\c1ccccc1OCc1ccccc1)NCCc1ccccc1. The molecule has 0 heterocycles. The molecule has 0 unspecified atom stereocenters. The highest BCUT2D eigenvalue weighted by Gasteiger charge is 2.08. The minimum absolute atomic E-state index is 0.279. The summed E-state index contributed by atoms with van der Waals surface area (Å²) in [6, 6.07) is 27.1. The summed E-state index contributed by atoms with van der Waals surface area (Å²) in [5, 5.41) is 6.69. The molecule has 0 fully saturated rings. The fourth-order valence-corrected chi connectivity index (χ4v) is 2.87. The molecule has 6 nitrogen and oxygen atoms in total. The van der Waals surface area contributed by atoms with Crippen LogP contribution in [0.5, 0.6) is 5.75 Å². The zero-order chi connectivity index (χ0) is 21.7. The summed E-state index contributed by atoms with van der Waals surface area (Å²) in [5.74, 6) is -0.158. The van der Waals surface area contributed by atoms with Crippen LogP contribution in [-0.4, -0.2) is 24.6 Å². The van der Waals surface area contributed by atoms with Crippen LogP contribution in [0.1, 0.15) is 23.1 Å². The Morgan fingerprint density at radius 1 is 0.806 bits per heavy atom. The van der Waals surface area contributed by atoms with Crippen molar-refractivity contribution in [1.29, 1.82) is 0 Å². The molecule has 0 spiro atoms. The second-order valence-corrected chi connectivity index (χ2v) is 6.87. The van der Waals surface area contributed by atoms with Crippen LogP contribution in [-0.2, 0) is 22.6 Å². The molecule has 0 aliphatic heterocycles. The number of nitrogens with zero attached hydrogens (tertiary/aromatic N) is 1. The predicted molar refractivity (Wildman–Crippen MR) is 121 cm³/mol. The predicted octanol–water partition coefficient (Wildman–Crippen LogP) is 3.46. The maximum atomic E-state index is 12.0. The summed E-state index contributed by atoms with van der Waals surface area (Å²) in [4.78, 5) is 23.9. The Morgan fingerprint density at radius 3 is 2.19 bits per heavy atom. The van der Waals surface area contributed by atoms with E-state index in [2.05, 4.69) is 15.8 Å². The van der Waals surface area contributed by atoms with Gasteiger partial charge in [0.15, 0.2) is 0 Å². The summed E-state index contributed by atoms with van der Waals surface area (Å²) in [7, 11) is 0. The van der Waals surface area contributed by atoms with Gasteiger partial charge in [0, 0.05) is 12.1 Å². The van der Waals surface area contributed by atoms with Crippen LogP contribution in [0.25, 0.3) is 0 Å². The first-order valence-electron chi connectivity index (χ1n) is 10.1. The number of hydrogen-bond donors (Lipinski definition) is 2. The molecule has 0 aromatic heterocycles. The van der Waals surface area contributed by atoms with E-state index in [4.69, 9.17) is 4.74 Å². The number of para-hydroxylation sites is 1. The first-order valence-corrected chi connectivity index (χ1v) is 10.1. The van der Waals surface area contributed by atoms with E-state index in [0.717, 1.165) is 16.7 Å². The first-order chi connectivity index (χ1) is 15.2. The molecule has 0 bridgehead atoms. The highest BCUT2D eigenvalue weighted by atomic mass is 16.5. The molecule has 0 saturated carbocycles. The van der Waals surface area contributed by atoms with Crippen molar-refractivity contribution in [3.05, 3.63) is 102 Å². The molecule has 158 valence electrons. The molecule has 2 amide bonds. The van der Waals surface area contributed by atoms with Crippen molar-refractivity contribution in [2.24, 2.45) is 5.10 Å². The van der Waals surface area contributed by atoms with Crippen molar-refractivity contribution < 1.29 is 14.3 Å². The Kier molecular flexibility index (Phi) is 8.37. The molecule has 6 heteroatoms. The number of nitrogens with one attached hydrogen (secondary N) is 2. The van der Waals surface area contributed by atoms with Crippen LogP contribution in [0, 0.1) is 0 Å². The van der Waals surface area contributed by atoms with E-state index >= 15 is 0 Å². The number of carbonyl (C=O) groups is 2. The zero-order valence-corrected chi connectivity index (χ0v) is 17.2. The van der Waals surface area contributed by atoms with Crippen molar-refractivity contribution in [1.82, 2.24) is 10.7 Å². The molecule has 0 radical (unpaired) electrons. The zero-order valence-electron chi connectivity index (χ0n) is 17.2. The normalized spacial score (nSPS) is 10.6. The molecular formula is C25H25N3O3. The van der Waals surface area contributed by atoms with Gasteiger partial charge in [-0.2, -0.15) is 5.10 Å².